The zero-order valence-corrected chi connectivity index (χ0v) is 18.6. The van der Waals surface area contributed by atoms with Gasteiger partial charge in [0.05, 0.1) is 16.7 Å². The van der Waals surface area contributed by atoms with Gasteiger partial charge in [-0.1, -0.05) is 58.5 Å². The van der Waals surface area contributed by atoms with E-state index in [-0.39, 0.29) is 5.56 Å². The molecule has 1 aromatic heterocycles. The van der Waals surface area contributed by atoms with Crippen LogP contribution in [0.25, 0.3) is 0 Å². The Morgan fingerprint density at radius 1 is 1.07 bits per heavy atom. The van der Waals surface area contributed by atoms with E-state index >= 15 is 0 Å². The summed E-state index contributed by atoms with van der Waals surface area (Å²) in [6.07, 6.45) is 2.81. The van der Waals surface area contributed by atoms with E-state index in [1.807, 2.05) is 13.8 Å². The van der Waals surface area contributed by atoms with Crippen LogP contribution in [0, 0.1) is 5.92 Å². The van der Waals surface area contributed by atoms with Gasteiger partial charge in [0.1, 0.15) is 11.3 Å². The van der Waals surface area contributed by atoms with Crippen molar-refractivity contribution in [3.63, 3.8) is 0 Å². The lowest BCUT2D eigenvalue weighted by atomic mass is 9.98. The van der Waals surface area contributed by atoms with Crippen LogP contribution in [0.3, 0.4) is 0 Å². The Balaban J connectivity index is 0.000000428. The van der Waals surface area contributed by atoms with E-state index in [1.165, 1.54) is 25.3 Å². The predicted molar refractivity (Wildman–Crippen MR) is 118 cm³/mol. The highest BCUT2D eigenvalue weighted by Crippen LogP contribution is 2.33. The molecule has 1 atom stereocenters. The van der Waals surface area contributed by atoms with Crippen molar-refractivity contribution in [2.45, 2.75) is 67.0 Å². The van der Waals surface area contributed by atoms with E-state index in [0.29, 0.717) is 17.5 Å². The molecule has 30 heavy (non-hydrogen) atoms. The van der Waals surface area contributed by atoms with Crippen LogP contribution in [0.5, 0.6) is 5.75 Å². The van der Waals surface area contributed by atoms with Crippen LogP contribution in [0.1, 0.15) is 83.1 Å². The summed E-state index contributed by atoms with van der Waals surface area (Å²) in [5, 5.41) is 9.92. The van der Waals surface area contributed by atoms with Crippen LogP contribution < -0.4 is 4.67 Å². The average Bonchev–Trinajstić information content (AvgIpc) is 3.06. The molecule has 2 heterocycles. The number of benzene rings is 1. The van der Waals surface area contributed by atoms with Gasteiger partial charge in [0, 0.05) is 19.3 Å². The minimum absolute atomic E-state index is 0.271. The Bertz CT molecular complexity index is 898. The third kappa shape index (κ3) is 6.46. The van der Waals surface area contributed by atoms with Crippen molar-refractivity contribution < 1.29 is 18.3 Å². The third-order valence-corrected chi connectivity index (χ3v) is 4.80. The lowest BCUT2D eigenvalue weighted by molar-refractivity contribution is -0.137. The monoisotopic (exact) mass is 421 g/mol. The molecule has 0 saturated carbocycles. The smallest absolute Gasteiger partial charge is 0.416 e. The van der Waals surface area contributed by atoms with Crippen LogP contribution in [0.4, 0.5) is 13.2 Å². The van der Waals surface area contributed by atoms with Crippen molar-refractivity contribution in [3.8, 4) is 5.75 Å². The number of phenolic OH excluding ortho intramolecular Hbond substituents is 1. The van der Waals surface area contributed by atoms with E-state index in [0.717, 1.165) is 23.1 Å². The minimum Gasteiger partial charge on any atom is -0.507 e. The summed E-state index contributed by atoms with van der Waals surface area (Å²) in [4.78, 5) is 4.00. The maximum atomic E-state index is 12.6. The first kappa shape index (κ1) is 25.4. The molecule has 2 aromatic rings. The fourth-order valence-electron chi connectivity index (χ4n) is 2.99. The van der Waals surface area contributed by atoms with Gasteiger partial charge in [-0.15, -0.1) is 0 Å². The first-order chi connectivity index (χ1) is 14.2. The van der Waals surface area contributed by atoms with Gasteiger partial charge in [0.15, 0.2) is 0 Å². The molecule has 164 valence electrons. The molecule has 1 N–H and O–H groups in total. The van der Waals surface area contributed by atoms with E-state index in [1.54, 1.807) is 25.4 Å². The van der Waals surface area contributed by atoms with Crippen molar-refractivity contribution in [1.29, 1.82) is 0 Å². The molecule has 1 aliphatic heterocycles. The van der Waals surface area contributed by atoms with Crippen molar-refractivity contribution in [1.82, 2.24) is 9.65 Å². The molecule has 0 spiro atoms. The lowest BCUT2D eigenvalue weighted by Crippen LogP contribution is -2.08. The number of alkyl halides is 3. The second-order valence-corrected chi connectivity index (χ2v) is 7.00. The van der Waals surface area contributed by atoms with Crippen molar-refractivity contribution in [2.24, 2.45) is 5.92 Å². The Labute approximate surface area is 177 Å². The van der Waals surface area contributed by atoms with Crippen LogP contribution in [0.2, 0.25) is 0 Å². The fourth-order valence-corrected chi connectivity index (χ4v) is 2.99. The zero-order chi connectivity index (χ0) is 22.9. The summed E-state index contributed by atoms with van der Waals surface area (Å²) in [5.74, 6) is 0.506. The number of fused-ring (bicyclic) bond motifs is 1. The Kier molecular flexibility index (Phi) is 9.80. The number of rotatable bonds is 4. The van der Waals surface area contributed by atoms with Crippen LogP contribution >= 0.6 is 0 Å². The van der Waals surface area contributed by atoms with Crippen molar-refractivity contribution in [2.75, 3.05) is 0 Å². The molecule has 0 radical (unpaired) electrons. The van der Waals surface area contributed by atoms with Gasteiger partial charge in [0.2, 0.25) is 0 Å². The van der Waals surface area contributed by atoms with Gasteiger partial charge in [-0.2, -0.15) is 13.2 Å². The molecular formula is C24H32F3N2O+. The number of aromatic nitrogens is 1. The summed E-state index contributed by atoms with van der Waals surface area (Å²) in [6, 6.07) is 4.61. The number of hydrogen-bond donors (Lipinski definition) is 1. The lowest BCUT2D eigenvalue weighted by Gasteiger charge is -2.07. The molecule has 6 heteroatoms. The second-order valence-electron chi connectivity index (χ2n) is 7.00. The maximum Gasteiger partial charge on any atom is 0.416 e. The molecule has 0 unspecified atom stereocenters. The highest BCUT2D eigenvalue weighted by molar-refractivity contribution is 6.25. The third-order valence-electron chi connectivity index (χ3n) is 4.80. The van der Waals surface area contributed by atoms with E-state index in [9.17, 15) is 18.3 Å². The van der Waals surface area contributed by atoms with Gasteiger partial charge in [-0.25, -0.2) is 0 Å². The molecule has 3 nitrogen and oxygen atoms in total. The van der Waals surface area contributed by atoms with Gasteiger partial charge in [-0.3, -0.25) is 4.98 Å². The minimum atomic E-state index is -4.49. The molecule has 1 aliphatic rings. The fraction of sp³-hybridized carbons (Fsp3) is 0.458. The van der Waals surface area contributed by atoms with Gasteiger partial charge >= 0.3 is 17.6 Å². The zero-order valence-electron chi connectivity index (χ0n) is 18.6. The van der Waals surface area contributed by atoms with Crippen LogP contribution in [-0.2, 0) is 6.18 Å². The predicted octanol–water partition coefficient (Wildman–Crippen LogP) is 6.39. The van der Waals surface area contributed by atoms with Crippen LogP contribution in [0.15, 0.2) is 36.7 Å². The highest BCUT2D eigenvalue weighted by Gasteiger charge is 2.35. The van der Waals surface area contributed by atoms with Gasteiger partial charge in [0.25, 0.3) is 0 Å². The van der Waals surface area contributed by atoms with Crippen molar-refractivity contribution >= 4 is 11.4 Å². The van der Waals surface area contributed by atoms with E-state index < -0.39 is 17.5 Å². The SMILES string of the molecule is CC.CC1=[N+]=C(c2ccc(C(F)(F)F)cc2O)c2ccncc21.CCC[C@@H](C)CC. The summed E-state index contributed by atoms with van der Waals surface area (Å²) in [7, 11) is 0. The Morgan fingerprint density at radius 3 is 2.23 bits per heavy atom. The normalized spacial score (nSPS) is 13.1. The number of phenols is 1. The number of hydrogen-bond acceptors (Lipinski definition) is 2. The van der Waals surface area contributed by atoms with E-state index in [4.69, 9.17) is 0 Å². The average molecular weight is 422 g/mol. The Hall–Kier alpha value is -2.59. The topological polar surface area (TPSA) is 47.2 Å². The van der Waals surface area contributed by atoms with E-state index in [2.05, 4.69) is 30.4 Å². The first-order valence-electron chi connectivity index (χ1n) is 10.5. The Morgan fingerprint density at radius 2 is 1.73 bits per heavy atom. The summed E-state index contributed by atoms with van der Waals surface area (Å²) >= 11 is 0. The summed E-state index contributed by atoms with van der Waals surface area (Å²) < 4.78 is 42.2. The maximum absolute atomic E-state index is 12.6. The summed E-state index contributed by atoms with van der Waals surface area (Å²) in [5.41, 5.74) is 2.11. The highest BCUT2D eigenvalue weighted by atomic mass is 19.4. The molecule has 0 aliphatic carbocycles. The first-order valence-corrected chi connectivity index (χ1v) is 10.5. The quantitative estimate of drug-likeness (QED) is 0.581. The number of nitrogens with zero attached hydrogens (tertiary/aromatic N) is 2. The van der Waals surface area contributed by atoms with Gasteiger partial charge in [-0.05, 0) is 30.2 Å². The standard InChI is InChI=1S/C15H9F3N2O.C7H16.C2H6/c1-8-12-7-19-5-4-10(12)14(20-8)11-3-2-9(6-13(11)21)15(16,17)18;1-4-6-7(3)5-2;1-2/h2-7H,1H3;7H,4-6H2,1-3H3;1-2H3/p+1/t;7-;/m.0./s1. The molecular weight excluding hydrogens is 389 g/mol. The second kappa shape index (κ2) is 11.6. The molecule has 1 aromatic carbocycles. The van der Waals surface area contributed by atoms with Crippen molar-refractivity contribution in [3.05, 3.63) is 58.9 Å². The molecule has 0 bridgehead atoms. The molecule has 0 amide bonds. The number of pyridine rings is 1. The molecule has 0 saturated heterocycles. The molecule has 3 rings (SSSR count). The summed E-state index contributed by atoms with van der Waals surface area (Å²) in [6.45, 7) is 12.6. The largest absolute Gasteiger partial charge is 0.507 e. The molecule has 0 fully saturated rings. The van der Waals surface area contributed by atoms with Gasteiger partial charge < -0.3 is 5.11 Å². The number of aromatic hydroxyl groups is 1. The number of halogens is 3. The van der Waals surface area contributed by atoms with Crippen LogP contribution in [-0.4, -0.2) is 21.5 Å².